The summed E-state index contributed by atoms with van der Waals surface area (Å²) in [6.45, 7) is 1.84. The Bertz CT molecular complexity index is 1320. The van der Waals surface area contributed by atoms with Crippen molar-refractivity contribution in [3.05, 3.63) is 93.0 Å². The second kappa shape index (κ2) is 9.41. The van der Waals surface area contributed by atoms with E-state index in [2.05, 4.69) is 0 Å². The highest BCUT2D eigenvalue weighted by molar-refractivity contribution is 6.52. The van der Waals surface area contributed by atoms with E-state index in [9.17, 15) is 14.7 Å². The maximum Gasteiger partial charge on any atom is 0.300 e. The number of aliphatic hydroxyl groups excluding tert-OH is 1. The molecule has 8 heteroatoms. The van der Waals surface area contributed by atoms with Crippen molar-refractivity contribution >= 4 is 46.3 Å². The molecule has 0 saturated carbocycles. The molecule has 1 aliphatic heterocycles. The minimum absolute atomic E-state index is 0.0619. The summed E-state index contributed by atoms with van der Waals surface area (Å²) in [5, 5.41) is 11.9. The molecule has 0 spiro atoms. The van der Waals surface area contributed by atoms with Gasteiger partial charge < -0.3 is 14.6 Å². The van der Waals surface area contributed by atoms with E-state index in [-0.39, 0.29) is 21.9 Å². The Hall–Kier alpha value is -3.48. The van der Waals surface area contributed by atoms with Gasteiger partial charge in [-0.25, -0.2) is 0 Å². The highest BCUT2D eigenvalue weighted by Crippen LogP contribution is 2.43. The molecule has 1 N–H and O–H groups in total. The monoisotopic (exact) mass is 497 g/mol. The molecule has 3 aromatic carbocycles. The lowest BCUT2D eigenvalue weighted by Gasteiger charge is -2.26. The van der Waals surface area contributed by atoms with Crippen LogP contribution >= 0.6 is 23.2 Å². The predicted molar refractivity (Wildman–Crippen MR) is 132 cm³/mol. The number of amides is 1. The van der Waals surface area contributed by atoms with E-state index in [0.717, 1.165) is 5.56 Å². The molecule has 1 unspecified atom stereocenters. The van der Waals surface area contributed by atoms with Gasteiger partial charge in [0.05, 0.1) is 30.9 Å². The zero-order valence-electron chi connectivity index (χ0n) is 18.6. The van der Waals surface area contributed by atoms with Gasteiger partial charge in [-0.2, -0.15) is 0 Å². The van der Waals surface area contributed by atoms with Crippen molar-refractivity contribution in [2.45, 2.75) is 13.0 Å². The van der Waals surface area contributed by atoms with Gasteiger partial charge in [0.2, 0.25) is 0 Å². The molecule has 1 amide bonds. The van der Waals surface area contributed by atoms with Crippen molar-refractivity contribution in [1.29, 1.82) is 0 Å². The minimum Gasteiger partial charge on any atom is -0.507 e. The second-order valence-electron chi connectivity index (χ2n) is 7.73. The molecule has 1 atom stereocenters. The number of carbonyl (C=O) groups is 2. The van der Waals surface area contributed by atoms with Crippen LogP contribution in [0.25, 0.3) is 5.76 Å². The van der Waals surface area contributed by atoms with E-state index in [1.807, 2.05) is 6.92 Å². The highest BCUT2D eigenvalue weighted by atomic mass is 35.5. The molecule has 3 aromatic rings. The van der Waals surface area contributed by atoms with Gasteiger partial charge in [0.15, 0.2) is 0 Å². The smallest absolute Gasteiger partial charge is 0.300 e. The summed E-state index contributed by atoms with van der Waals surface area (Å²) in [5.74, 6) is -0.908. The van der Waals surface area contributed by atoms with Crippen LogP contribution in [-0.2, 0) is 9.59 Å². The summed E-state index contributed by atoms with van der Waals surface area (Å²) in [4.78, 5) is 27.8. The first-order chi connectivity index (χ1) is 16.3. The van der Waals surface area contributed by atoms with Crippen LogP contribution in [0, 0.1) is 6.92 Å². The zero-order valence-corrected chi connectivity index (χ0v) is 20.1. The number of Topliss-reactive ketones (excluding diaryl/α,β-unsaturated/α-hetero) is 1. The molecule has 34 heavy (non-hydrogen) atoms. The van der Waals surface area contributed by atoms with Crippen LogP contribution in [0.1, 0.15) is 22.7 Å². The summed E-state index contributed by atoms with van der Waals surface area (Å²) in [6.07, 6.45) is 0. The van der Waals surface area contributed by atoms with Gasteiger partial charge in [0.1, 0.15) is 17.3 Å². The molecule has 6 nitrogen and oxygen atoms in total. The molecule has 0 bridgehead atoms. The van der Waals surface area contributed by atoms with Gasteiger partial charge in [-0.15, -0.1) is 0 Å². The number of hydrogen-bond acceptors (Lipinski definition) is 5. The van der Waals surface area contributed by atoms with Gasteiger partial charge in [-0.05, 0) is 60.5 Å². The van der Waals surface area contributed by atoms with Crippen LogP contribution in [0.2, 0.25) is 10.0 Å². The number of benzene rings is 3. The molecule has 4 rings (SSSR count). The Morgan fingerprint density at radius 1 is 0.912 bits per heavy atom. The maximum absolute atomic E-state index is 13.2. The Labute approximate surface area is 206 Å². The van der Waals surface area contributed by atoms with Gasteiger partial charge in [0, 0.05) is 16.3 Å². The molecule has 174 valence electrons. The number of rotatable bonds is 5. The molecule has 0 aliphatic carbocycles. The average molecular weight is 498 g/mol. The number of aliphatic hydroxyl groups is 1. The van der Waals surface area contributed by atoms with E-state index in [4.69, 9.17) is 32.7 Å². The third-order valence-electron chi connectivity index (χ3n) is 5.73. The standard InChI is InChI=1S/C26H21Cl2NO5/c1-14-4-8-17(13-19(14)27)29-23(15-5-9-18(33-2)10-6-15)22(25(31)26(29)32)24(30)16-7-11-21(34-3)20(28)12-16/h4-13,23,30H,1-3H3/b24-22+. The van der Waals surface area contributed by atoms with Gasteiger partial charge in [-0.1, -0.05) is 41.4 Å². The Kier molecular flexibility index (Phi) is 6.55. The predicted octanol–water partition coefficient (Wildman–Crippen LogP) is 5.95. The highest BCUT2D eigenvalue weighted by Gasteiger charge is 2.47. The normalized spacial score (nSPS) is 17.2. The van der Waals surface area contributed by atoms with E-state index in [1.165, 1.54) is 18.1 Å². The molecular formula is C26H21Cl2NO5. The van der Waals surface area contributed by atoms with Crippen LogP contribution in [-0.4, -0.2) is 31.0 Å². The number of ether oxygens (including phenoxy) is 2. The Morgan fingerprint density at radius 3 is 2.21 bits per heavy atom. The Morgan fingerprint density at radius 2 is 1.62 bits per heavy atom. The van der Waals surface area contributed by atoms with Crippen molar-refractivity contribution in [2.75, 3.05) is 19.1 Å². The summed E-state index contributed by atoms with van der Waals surface area (Å²) in [5.41, 5.74) is 2.09. The van der Waals surface area contributed by atoms with E-state index < -0.39 is 17.7 Å². The summed E-state index contributed by atoms with van der Waals surface area (Å²) in [6, 6.07) is 15.8. The maximum atomic E-state index is 13.2. The van der Waals surface area contributed by atoms with Crippen LogP contribution in [0.5, 0.6) is 11.5 Å². The van der Waals surface area contributed by atoms with Gasteiger partial charge >= 0.3 is 0 Å². The lowest BCUT2D eigenvalue weighted by Crippen LogP contribution is -2.29. The first kappa shape index (κ1) is 23.7. The fourth-order valence-corrected chi connectivity index (χ4v) is 4.33. The number of methoxy groups -OCH3 is 2. The topological polar surface area (TPSA) is 76.1 Å². The lowest BCUT2D eigenvalue weighted by molar-refractivity contribution is -0.132. The van der Waals surface area contributed by atoms with Crippen LogP contribution < -0.4 is 14.4 Å². The number of ketones is 1. The van der Waals surface area contributed by atoms with Crippen molar-refractivity contribution in [3.8, 4) is 11.5 Å². The van der Waals surface area contributed by atoms with Crippen molar-refractivity contribution in [3.63, 3.8) is 0 Å². The Balaban J connectivity index is 1.94. The zero-order chi connectivity index (χ0) is 24.6. The largest absolute Gasteiger partial charge is 0.507 e. The first-order valence-electron chi connectivity index (χ1n) is 10.3. The summed E-state index contributed by atoms with van der Waals surface area (Å²) in [7, 11) is 3.02. The van der Waals surface area contributed by atoms with Crippen LogP contribution in [0.15, 0.2) is 66.2 Å². The van der Waals surface area contributed by atoms with Crippen molar-refractivity contribution in [2.24, 2.45) is 0 Å². The van der Waals surface area contributed by atoms with Crippen LogP contribution in [0.4, 0.5) is 5.69 Å². The number of nitrogens with zero attached hydrogens (tertiary/aromatic N) is 1. The van der Waals surface area contributed by atoms with Gasteiger partial charge in [0.25, 0.3) is 11.7 Å². The number of hydrogen-bond donors (Lipinski definition) is 1. The van der Waals surface area contributed by atoms with Crippen LogP contribution in [0.3, 0.4) is 0 Å². The quantitative estimate of drug-likeness (QED) is 0.268. The van der Waals surface area contributed by atoms with Crippen molar-refractivity contribution < 1.29 is 24.2 Å². The van der Waals surface area contributed by atoms with E-state index >= 15 is 0 Å². The number of anilines is 1. The third kappa shape index (κ3) is 4.11. The number of carbonyl (C=O) groups excluding carboxylic acids is 2. The SMILES string of the molecule is COc1ccc(C2/C(=C(\O)c3ccc(OC)c(Cl)c3)C(=O)C(=O)N2c2ccc(C)c(Cl)c2)cc1. The molecule has 0 aromatic heterocycles. The molecule has 0 radical (unpaired) electrons. The third-order valence-corrected chi connectivity index (χ3v) is 6.44. The van der Waals surface area contributed by atoms with E-state index in [1.54, 1.807) is 61.7 Å². The molecule has 1 saturated heterocycles. The molecule has 1 aliphatic rings. The fourth-order valence-electron chi connectivity index (χ4n) is 3.90. The average Bonchev–Trinajstić information content (AvgIpc) is 3.10. The first-order valence-corrected chi connectivity index (χ1v) is 11.1. The molecule has 1 heterocycles. The summed E-state index contributed by atoms with van der Waals surface area (Å²) < 4.78 is 10.4. The summed E-state index contributed by atoms with van der Waals surface area (Å²) >= 11 is 12.6. The molecular weight excluding hydrogens is 477 g/mol. The minimum atomic E-state index is -0.898. The van der Waals surface area contributed by atoms with Crippen molar-refractivity contribution in [1.82, 2.24) is 0 Å². The van der Waals surface area contributed by atoms with E-state index in [0.29, 0.717) is 27.8 Å². The fraction of sp³-hybridized carbons (Fsp3) is 0.154. The molecule has 1 fully saturated rings. The number of aryl methyl sites for hydroxylation is 1. The second-order valence-corrected chi connectivity index (χ2v) is 8.54. The lowest BCUT2D eigenvalue weighted by atomic mass is 9.95. The number of halogens is 2. The van der Waals surface area contributed by atoms with Gasteiger partial charge in [-0.3, -0.25) is 14.5 Å².